The van der Waals surface area contributed by atoms with Gasteiger partial charge >= 0.3 is 0 Å². The molecule has 1 aliphatic heterocycles. The predicted molar refractivity (Wildman–Crippen MR) is 191 cm³/mol. The van der Waals surface area contributed by atoms with Crippen molar-refractivity contribution in [1.29, 1.82) is 0 Å². The number of nitrogens with one attached hydrogen (secondary N) is 1. The van der Waals surface area contributed by atoms with E-state index in [0.29, 0.717) is 24.4 Å². The number of aliphatic hydroxyl groups excluding tert-OH is 1. The van der Waals surface area contributed by atoms with Crippen LogP contribution < -0.4 is 19.5 Å². The third-order valence-corrected chi connectivity index (χ3v) is 11.3. The molecule has 2 aromatic carbocycles. The smallest absolute Gasteiger partial charge is 0.249 e. The van der Waals surface area contributed by atoms with Crippen molar-refractivity contribution < 1.29 is 51.4 Å². The van der Waals surface area contributed by atoms with E-state index in [4.69, 9.17) is 35.1 Å². The number of fused-ring (bicyclic) bond motifs is 1. The van der Waals surface area contributed by atoms with Crippen LogP contribution in [0.25, 0.3) is 0 Å². The molecule has 2 unspecified atom stereocenters. The Bertz CT molecular complexity index is 2000. The van der Waals surface area contributed by atoms with E-state index in [0.717, 1.165) is 11.2 Å². The van der Waals surface area contributed by atoms with Crippen LogP contribution in [0.4, 0.5) is 0 Å². The van der Waals surface area contributed by atoms with Gasteiger partial charge in [-0.05, 0) is 30.4 Å². The van der Waals surface area contributed by atoms with Crippen LogP contribution in [0.2, 0.25) is 5.02 Å². The standard InChI is InChI=1S/C35H40ClN3O11S2/c1-18-15-23(40)28(32(42)35(18)33(43)29-24(47-3)17-25(48-4)30(36)31(29)49-35)21(19-7-9-20(51-5)10-8-19)16-27(41)37-22(12-14-52(6,44)45)34-38-26(39-50-34)11-13-46-2/h7-10,17-18,21-22,42H,11-16H2,1-6H3,(H,37,41)/t18-,21?,22?,35+/m1/s1. The van der Waals surface area contributed by atoms with Gasteiger partial charge in [-0.1, -0.05) is 35.8 Å². The Morgan fingerprint density at radius 3 is 2.48 bits per heavy atom. The van der Waals surface area contributed by atoms with E-state index in [1.807, 2.05) is 18.4 Å². The number of ether oxygens (including phenoxy) is 4. The van der Waals surface area contributed by atoms with Crippen molar-refractivity contribution in [3.8, 4) is 17.2 Å². The zero-order valence-corrected chi connectivity index (χ0v) is 31.9. The van der Waals surface area contributed by atoms with Gasteiger partial charge in [-0.2, -0.15) is 4.98 Å². The normalized spacial score (nSPS) is 19.7. The second kappa shape index (κ2) is 15.9. The van der Waals surface area contributed by atoms with Crippen molar-refractivity contribution in [2.75, 3.05) is 46.2 Å². The molecule has 2 aliphatic rings. The largest absolute Gasteiger partial charge is 0.507 e. The van der Waals surface area contributed by atoms with Gasteiger partial charge in [0.05, 0.1) is 26.6 Å². The number of benzene rings is 2. The Balaban J connectivity index is 1.58. The molecular weight excluding hydrogens is 738 g/mol. The number of aliphatic hydroxyl groups is 1. The van der Waals surface area contributed by atoms with Gasteiger partial charge in [-0.15, -0.1) is 11.8 Å². The first-order valence-electron chi connectivity index (χ1n) is 16.3. The molecule has 5 rings (SSSR count). The summed E-state index contributed by atoms with van der Waals surface area (Å²) >= 11 is 8.10. The first-order chi connectivity index (χ1) is 24.7. The molecule has 0 fully saturated rings. The molecule has 0 bridgehead atoms. The van der Waals surface area contributed by atoms with Crippen molar-refractivity contribution in [3.05, 3.63) is 69.5 Å². The van der Waals surface area contributed by atoms with Crippen LogP contribution in [-0.2, 0) is 30.6 Å². The second-order valence-electron chi connectivity index (χ2n) is 12.6. The van der Waals surface area contributed by atoms with Crippen molar-refractivity contribution in [1.82, 2.24) is 15.5 Å². The number of hydrogen-bond donors (Lipinski definition) is 2. The highest BCUT2D eigenvalue weighted by atomic mass is 35.5. The van der Waals surface area contributed by atoms with Crippen LogP contribution in [0.3, 0.4) is 0 Å². The second-order valence-corrected chi connectivity index (χ2v) is 16.1. The van der Waals surface area contributed by atoms with E-state index in [1.54, 1.807) is 19.1 Å². The number of carbonyl (C=O) groups excluding carboxylic acids is 3. The molecule has 4 atom stereocenters. The number of aromatic nitrogens is 2. The summed E-state index contributed by atoms with van der Waals surface area (Å²) < 4.78 is 51.9. The van der Waals surface area contributed by atoms with Crippen molar-refractivity contribution in [3.63, 3.8) is 0 Å². The average Bonchev–Trinajstić information content (AvgIpc) is 3.71. The number of halogens is 1. The summed E-state index contributed by atoms with van der Waals surface area (Å²) in [5, 5.41) is 18.9. The fourth-order valence-corrected chi connectivity index (χ4v) is 7.83. The first-order valence-corrected chi connectivity index (χ1v) is 19.9. The lowest BCUT2D eigenvalue weighted by Crippen LogP contribution is -2.53. The number of ketones is 2. The molecule has 0 saturated heterocycles. The zero-order valence-electron chi connectivity index (χ0n) is 29.5. The van der Waals surface area contributed by atoms with Gasteiger partial charge in [0, 0.05) is 61.0 Å². The van der Waals surface area contributed by atoms with Crippen molar-refractivity contribution >= 4 is 50.7 Å². The number of carbonyl (C=O) groups is 3. The van der Waals surface area contributed by atoms with Gasteiger partial charge in [0.2, 0.25) is 23.2 Å². The van der Waals surface area contributed by atoms with E-state index in [1.165, 1.54) is 39.2 Å². The Morgan fingerprint density at radius 2 is 1.87 bits per heavy atom. The lowest BCUT2D eigenvalue weighted by atomic mass is 9.69. The number of thioether (sulfide) groups is 1. The number of methoxy groups -OCH3 is 3. The maximum atomic E-state index is 14.4. The van der Waals surface area contributed by atoms with Crippen LogP contribution in [0.5, 0.6) is 17.2 Å². The molecule has 52 heavy (non-hydrogen) atoms. The zero-order chi connectivity index (χ0) is 38.0. The van der Waals surface area contributed by atoms with Gasteiger partial charge in [0.1, 0.15) is 38.0 Å². The van der Waals surface area contributed by atoms with E-state index in [9.17, 15) is 27.9 Å². The third-order valence-electron chi connectivity index (χ3n) is 9.19. The fourth-order valence-electron chi connectivity index (χ4n) is 6.49. The van der Waals surface area contributed by atoms with Gasteiger partial charge in [-0.3, -0.25) is 14.4 Å². The predicted octanol–water partition coefficient (Wildman–Crippen LogP) is 4.85. The van der Waals surface area contributed by atoms with Crippen LogP contribution in [0, 0.1) is 5.92 Å². The first kappa shape index (κ1) is 39.1. The Morgan fingerprint density at radius 1 is 1.17 bits per heavy atom. The highest BCUT2D eigenvalue weighted by Crippen LogP contribution is 2.55. The molecular formula is C35H40ClN3O11S2. The van der Waals surface area contributed by atoms with E-state index >= 15 is 0 Å². The number of sulfone groups is 1. The minimum atomic E-state index is -3.45. The number of rotatable bonds is 15. The van der Waals surface area contributed by atoms with Gasteiger partial charge < -0.3 is 33.9 Å². The summed E-state index contributed by atoms with van der Waals surface area (Å²) in [6, 6.07) is 7.53. The molecule has 1 aromatic heterocycles. The minimum Gasteiger partial charge on any atom is -0.507 e. The summed E-state index contributed by atoms with van der Waals surface area (Å²) in [7, 11) is 0.815. The third kappa shape index (κ3) is 7.65. The van der Waals surface area contributed by atoms with Gasteiger partial charge in [0.15, 0.2) is 23.1 Å². The van der Waals surface area contributed by atoms with E-state index < -0.39 is 63.0 Å². The van der Waals surface area contributed by atoms with Gasteiger partial charge in [0.25, 0.3) is 0 Å². The summed E-state index contributed by atoms with van der Waals surface area (Å²) in [4.78, 5) is 47.6. The lowest BCUT2D eigenvalue weighted by Gasteiger charge is -2.38. The van der Waals surface area contributed by atoms with Crippen LogP contribution in [0.1, 0.15) is 65.8 Å². The quantitative estimate of drug-likeness (QED) is 0.199. The molecule has 3 aromatic rings. The average molecular weight is 778 g/mol. The Hall–Kier alpha value is -4.12. The SMILES string of the molecule is COCCc1noc(C(CCS(C)(=O)=O)NC(=O)CC(C2=C(O)[C@@]3(Oc4c(Cl)c(OC)cc(OC)c4C3=O)[C@H](C)CC2=O)c2ccc(SC)cc2)n1. The molecule has 1 aliphatic carbocycles. The van der Waals surface area contributed by atoms with Crippen molar-refractivity contribution in [2.45, 2.75) is 55.1 Å². The number of nitrogens with zero attached hydrogens (tertiary/aromatic N) is 2. The fraction of sp³-hybridized carbons (Fsp3) is 0.457. The Kier molecular flexibility index (Phi) is 11.9. The minimum absolute atomic E-state index is 0.00321. The highest BCUT2D eigenvalue weighted by Gasteiger charge is 2.61. The number of hydrogen-bond acceptors (Lipinski definition) is 14. The summed E-state index contributed by atoms with van der Waals surface area (Å²) in [6.07, 6.45) is 2.61. The molecule has 2 heterocycles. The van der Waals surface area contributed by atoms with Crippen LogP contribution in [0.15, 0.2) is 51.1 Å². The molecule has 280 valence electrons. The molecule has 1 amide bonds. The monoisotopic (exact) mass is 777 g/mol. The number of amides is 1. The summed E-state index contributed by atoms with van der Waals surface area (Å²) in [5.41, 5.74) is -1.76. The maximum Gasteiger partial charge on any atom is 0.249 e. The summed E-state index contributed by atoms with van der Waals surface area (Å²) in [6.45, 7) is 1.92. The molecule has 17 heteroatoms. The summed E-state index contributed by atoms with van der Waals surface area (Å²) in [5.74, 6) is -4.12. The van der Waals surface area contributed by atoms with Gasteiger partial charge in [-0.25, -0.2) is 8.42 Å². The van der Waals surface area contributed by atoms with Crippen LogP contribution >= 0.6 is 23.4 Å². The molecule has 0 saturated carbocycles. The van der Waals surface area contributed by atoms with Crippen molar-refractivity contribution in [2.24, 2.45) is 5.92 Å². The molecule has 1 spiro atoms. The van der Waals surface area contributed by atoms with Crippen LogP contribution in [-0.4, -0.2) is 92.9 Å². The molecule has 14 nitrogen and oxygen atoms in total. The maximum absolute atomic E-state index is 14.4. The molecule has 2 N–H and O–H groups in total. The number of allylic oxidation sites excluding steroid dienone is 1. The van der Waals surface area contributed by atoms with E-state index in [-0.39, 0.29) is 57.9 Å². The topological polar surface area (TPSA) is 193 Å². The molecule has 0 radical (unpaired) electrons. The van der Waals surface area contributed by atoms with E-state index in [2.05, 4.69) is 15.5 Å². The Labute approximate surface area is 310 Å². The highest BCUT2D eigenvalue weighted by molar-refractivity contribution is 7.98. The number of Topliss-reactive ketones (excluding diaryl/α,β-unsaturated/α-hetero) is 2. The lowest BCUT2D eigenvalue weighted by molar-refractivity contribution is -0.122.